The maximum atomic E-state index is 13.0. The van der Waals surface area contributed by atoms with Crippen LogP contribution in [-0.2, 0) is 4.79 Å². The van der Waals surface area contributed by atoms with E-state index in [1.807, 2.05) is 54.6 Å². The summed E-state index contributed by atoms with van der Waals surface area (Å²) >= 11 is 0. The Bertz CT molecular complexity index is 744. The maximum Gasteiger partial charge on any atom is 0.260 e. The van der Waals surface area contributed by atoms with Gasteiger partial charge in [0.25, 0.3) is 5.91 Å². The van der Waals surface area contributed by atoms with Crippen molar-refractivity contribution in [3.8, 4) is 11.1 Å². The lowest BCUT2D eigenvalue weighted by atomic mass is 9.87. The molecule has 0 spiro atoms. The van der Waals surface area contributed by atoms with Crippen LogP contribution < -0.4 is 11.2 Å². The minimum absolute atomic E-state index is 0.0769. The van der Waals surface area contributed by atoms with Gasteiger partial charge in [-0.2, -0.15) is 0 Å². The van der Waals surface area contributed by atoms with Crippen LogP contribution >= 0.6 is 0 Å². The Kier molecular flexibility index (Phi) is 8.85. The largest absolute Gasteiger partial charge is 0.320 e. The van der Waals surface area contributed by atoms with E-state index in [0.29, 0.717) is 19.3 Å². The second kappa shape index (κ2) is 11.4. The van der Waals surface area contributed by atoms with E-state index in [-0.39, 0.29) is 11.7 Å². The standard InChI is InChI=1S/C23H30N2O3/c1-2-3-8-19(11-7-12-21(24)23(27)25-28)22(26)20-15-13-18(14-16-20)17-9-5-4-6-10-17/h4-6,9-10,13-16,19,21,28H,2-3,7-8,11-12,24H2,1H3,(H,25,27). The predicted octanol–water partition coefficient (Wildman–Crippen LogP) is 4.35. The number of benzene rings is 2. The highest BCUT2D eigenvalue weighted by atomic mass is 16.5. The second-order valence-corrected chi connectivity index (χ2v) is 7.16. The topological polar surface area (TPSA) is 92.4 Å². The van der Waals surface area contributed by atoms with Gasteiger partial charge in [0.1, 0.15) is 0 Å². The van der Waals surface area contributed by atoms with Gasteiger partial charge >= 0.3 is 0 Å². The van der Waals surface area contributed by atoms with Crippen LogP contribution in [0.2, 0.25) is 0 Å². The summed E-state index contributed by atoms with van der Waals surface area (Å²) in [4.78, 5) is 24.3. The van der Waals surface area contributed by atoms with Gasteiger partial charge in [0.15, 0.2) is 5.78 Å². The maximum absolute atomic E-state index is 13.0. The Morgan fingerprint density at radius 2 is 1.54 bits per heavy atom. The van der Waals surface area contributed by atoms with E-state index in [0.717, 1.165) is 36.0 Å². The molecule has 1 amide bonds. The lowest BCUT2D eigenvalue weighted by Gasteiger charge is -2.17. The summed E-state index contributed by atoms with van der Waals surface area (Å²) in [7, 11) is 0. The predicted molar refractivity (Wildman–Crippen MR) is 111 cm³/mol. The van der Waals surface area contributed by atoms with Crippen LogP contribution in [-0.4, -0.2) is 22.9 Å². The Morgan fingerprint density at radius 1 is 0.929 bits per heavy atom. The molecule has 2 unspecified atom stereocenters. The molecule has 0 bridgehead atoms. The molecule has 0 fully saturated rings. The number of amides is 1. The molecule has 0 aliphatic heterocycles. The van der Waals surface area contributed by atoms with Gasteiger partial charge in [0.2, 0.25) is 0 Å². The van der Waals surface area contributed by atoms with Gasteiger partial charge in [-0.1, -0.05) is 80.8 Å². The zero-order chi connectivity index (χ0) is 20.4. The molecule has 0 aromatic heterocycles. The Hall–Kier alpha value is -2.50. The Morgan fingerprint density at radius 3 is 2.14 bits per heavy atom. The van der Waals surface area contributed by atoms with E-state index in [9.17, 15) is 9.59 Å². The van der Waals surface area contributed by atoms with Gasteiger partial charge in [-0.15, -0.1) is 0 Å². The third-order valence-electron chi connectivity index (χ3n) is 5.07. The number of ketones is 1. The molecule has 2 aromatic carbocycles. The molecule has 0 aliphatic carbocycles. The minimum Gasteiger partial charge on any atom is -0.320 e. The summed E-state index contributed by atoms with van der Waals surface area (Å²) in [5.74, 6) is -0.520. The molecule has 0 saturated carbocycles. The molecular weight excluding hydrogens is 352 g/mol. The van der Waals surface area contributed by atoms with Crippen molar-refractivity contribution < 1.29 is 14.8 Å². The van der Waals surface area contributed by atoms with Crippen LogP contribution in [0, 0.1) is 5.92 Å². The number of unbranched alkanes of at least 4 members (excludes halogenated alkanes) is 1. The SMILES string of the molecule is CCCCC(CCCC(N)C(=O)NO)C(=O)c1ccc(-c2ccccc2)cc1. The molecular formula is C23H30N2O3. The summed E-state index contributed by atoms with van der Waals surface area (Å²) < 4.78 is 0. The lowest BCUT2D eigenvalue weighted by Crippen LogP contribution is -2.38. The van der Waals surface area contributed by atoms with Crippen molar-refractivity contribution in [1.82, 2.24) is 5.48 Å². The van der Waals surface area contributed by atoms with Gasteiger partial charge in [-0.25, -0.2) is 5.48 Å². The third kappa shape index (κ3) is 6.29. The molecule has 0 radical (unpaired) electrons. The molecule has 2 aromatic rings. The van der Waals surface area contributed by atoms with E-state index >= 15 is 0 Å². The summed E-state index contributed by atoms with van der Waals surface area (Å²) in [5, 5.41) is 8.64. The first-order valence-corrected chi connectivity index (χ1v) is 9.96. The van der Waals surface area contributed by atoms with E-state index in [1.165, 1.54) is 0 Å². The molecule has 150 valence electrons. The number of rotatable bonds is 11. The second-order valence-electron chi connectivity index (χ2n) is 7.16. The molecule has 0 heterocycles. The van der Waals surface area contributed by atoms with Gasteiger partial charge in [0, 0.05) is 11.5 Å². The quantitative estimate of drug-likeness (QED) is 0.306. The molecule has 2 atom stereocenters. The van der Waals surface area contributed by atoms with E-state index in [1.54, 1.807) is 5.48 Å². The highest BCUT2D eigenvalue weighted by Crippen LogP contribution is 2.24. The van der Waals surface area contributed by atoms with Crippen molar-refractivity contribution >= 4 is 11.7 Å². The average molecular weight is 383 g/mol. The monoisotopic (exact) mass is 382 g/mol. The summed E-state index contributed by atoms with van der Waals surface area (Å²) in [5.41, 5.74) is 10.2. The number of Topliss-reactive ketones (excluding diaryl/α,β-unsaturated/α-hetero) is 1. The van der Waals surface area contributed by atoms with Crippen LogP contribution in [0.4, 0.5) is 0 Å². The molecule has 2 rings (SSSR count). The zero-order valence-electron chi connectivity index (χ0n) is 16.4. The molecule has 0 saturated heterocycles. The van der Waals surface area contributed by atoms with Gasteiger partial charge in [0.05, 0.1) is 6.04 Å². The number of hydrogen-bond donors (Lipinski definition) is 3. The van der Waals surface area contributed by atoms with Crippen LogP contribution in [0.25, 0.3) is 11.1 Å². The van der Waals surface area contributed by atoms with Crippen molar-refractivity contribution in [3.05, 3.63) is 60.2 Å². The van der Waals surface area contributed by atoms with Crippen molar-refractivity contribution in [1.29, 1.82) is 0 Å². The zero-order valence-corrected chi connectivity index (χ0v) is 16.4. The molecule has 28 heavy (non-hydrogen) atoms. The Balaban J connectivity index is 2.02. The van der Waals surface area contributed by atoms with Gasteiger partial charge < -0.3 is 5.73 Å². The summed E-state index contributed by atoms with van der Waals surface area (Å²) in [6, 6.07) is 17.1. The normalized spacial score (nSPS) is 13.0. The van der Waals surface area contributed by atoms with Crippen LogP contribution in [0.1, 0.15) is 55.8 Å². The van der Waals surface area contributed by atoms with Gasteiger partial charge in [-0.3, -0.25) is 14.8 Å². The first-order chi connectivity index (χ1) is 13.6. The average Bonchev–Trinajstić information content (AvgIpc) is 2.75. The first-order valence-electron chi connectivity index (χ1n) is 9.96. The minimum atomic E-state index is -0.753. The fourth-order valence-electron chi connectivity index (χ4n) is 3.35. The molecule has 5 heteroatoms. The number of hydrogen-bond acceptors (Lipinski definition) is 4. The number of carbonyl (C=O) groups is 2. The first kappa shape index (κ1) is 21.8. The highest BCUT2D eigenvalue weighted by molar-refractivity contribution is 5.98. The fraction of sp³-hybridized carbons (Fsp3) is 0.391. The molecule has 4 N–H and O–H groups in total. The molecule has 0 aliphatic rings. The van der Waals surface area contributed by atoms with Gasteiger partial charge in [-0.05, 0) is 30.4 Å². The highest BCUT2D eigenvalue weighted by Gasteiger charge is 2.21. The van der Waals surface area contributed by atoms with E-state index in [4.69, 9.17) is 10.9 Å². The van der Waals surface area contributed by atoms with Crippen molar-refractivity contribution in [3.63, 3.8) is 0 Å². The van der Waals surface area contributed by atoms with E-state index < -0.39 is 11.9 Å². The van der Waals surface area contributed by atoms with Crippen LogP contribution in [0.3, 0.4) is 0 Å². The lowest BCUT2D eigenvalue weighted by molar-refractivity contribution is -0.130. The fourth-order valence-corrected chi connectivity index (χ4v) is 3.35. The van der Waals surface area contributed by atoms with Crippen molar-refractivity contribution in [2.45, 2.75) is 51.5 Å². The van der Waals surface area contributed by atoms with Crippen LogP contribution in [0.15, 0.2) is 54.6 Å². The van der Waals surface area contributed by atoms with Crippen molar-refractivity contribution in [2.24, 2.45) is 11.7 Å². The number of nitrogens with two attached hydrogens (primary N) is 1. The molecule has 5 nitrogen and oxygen atoms in total. The smallest absolute Gasteiger partial charge is 0.260 e. The number of nitrogens with one attached hydrogen (secondary N) is 1. The van der Waals surface area contributed by atoms with Crippen LogP contribution in [0.5, 0.6) is 0 Å². The van der Waals surface area contributed by atoms with E-state index in [2.05, 4.69) is 6.92 Å². The van der Waals surface area contributed by atoms with Crippen molar-refractivity contribution in [2.75, 3.05) is 0 Å². The summed E-state index contributed by atoms with van der Waals surface area (Å²) in [6.45, 7) is 2.11. The summed E-state index contributed by atoms with van der Waals surface area (Å²) in [6.07, 6.45) is 4.64. The number of hydroxylamine groups is 1. The number of carbonyl (C=O) groups excluding carboxylic acids is 2. The Labute approximate surface area is 166 Å². The third-order valence-corrected chi connectivity index (χ3v) is 5.07.